The molecule has 2 aliphatic rings. The molecule has 1 fully saturated rings. The third-order valence-corrected chi connectivity index (χ3v) is 6.46. The molecule has 0 spiro atoms. The first kappa shape index (κ1) is 16.5. The molecule has 0 saturated heterocycles. The molecule has 2 aromatic carbocycles. The van der Waals surface area contributed by atoms with E-state index in [1.807, 2.05) is 6.20 Å². The number of anilines is 1. The van der Waals surface area contributed by atoms with Crippen LogP contribution in [0, 0.1) is 6.92 Å². The molecule has 5 rings (SSSR count). The summed E-state index contributed by atoms with van der Waals surface area (Å²) in [6, 6.07) is 18.5. The van der Waals surface area contributed by atoms with Crippen LogP contribution in [0.1, 0.15) is 47.2 Å². The monoisotopic (exact) mass is 355 g/mol. The average molecular weight is 355 g/mol. The number of benzene rings is 2. The third-order valence-electron chi connectivity index (χ3n) is 6.46. The van der Waals surface area contributed by atoms with Gasteiger partial charge in [-0.3, -0.25) is 0 Å². The molecule has 27 heavy (non-hydrogen) atoms. The summed E-state index contributed by atoms with van der Waals surface area (Å²) in [6.07, 6.45) is 8.44. The standard InChI is InChI=1S/C24H25N3/c1-18-3-5-20(6-4-18)24(12-2-13-24)21-7-9-22(10-8-21)27-14-11-23-19(16-27)15-25-17-26-23/h3-10,15,17H,2,11-14,16H2,1H3. The highest BCUT2D eigenvalue weighted by Crippen LogP contribution is 2.49. The molecule has 0 N–H and O–H groups in total. The van der Waals surface area contributed by atoms with Gasteiger partial charge in [-0.15, -0.1) is 0 Å². The zero-order chi connectivity index (χ0) is 18.3. The highest BCUT2D eigenvalue weighted by molar-refractivity contribution is 5.53. The maximum Gasteiger partial charge on any atom is 0.115 e. The molecule has 136 valence electrons. The highest BCUT2D eigenvalue weighted by atomic mass is 15.1. The Morgan fingerprint density at radius 2 is 1.63 bits per heavy atom. The van der Waals surface area contributed by atoms with Crippen LogP contribution in [-0.4, -0.2) is 16.5 Å². The molecule has 3 aromatic rings. The van der Waals surface area contributed by atoms with Gasteiger partial charge >= 0.3 is 0 Å². The van der Waals surface area contributed by atoms with E-state index >= 15 is 0 Å². The van der Waals surface area contributed by atoms with Crippen LogP contribution < -0.4 is 4.90 Å². The van der Waals surface area contributed by atoms with Crippen molar-refractivity contribution in [3.8, 4) is 0 Å². The first-order valence-electron chi connectivity index (χ1n) is 9.95. The quantitative estimate of drug-likeness (QED) is 0.675. The Morgan fingerprint density at radius 3 is 2.30 bits per heavy atom. The summed E-state index contributed by atoms with van der Waals surface area (Å²) in [6.45, 7) is 4.08. The van der Waals surface area contributed by atoms with Crippen LogP contribution in [-0.2, 0) is 18.4 Å². The lowest BCUT2D eigenvalue weighted by Crippen LogP contribution is -2.35. The summed E-state index contributed by atoms with van der Waals surface area (Å²) in [5, 5.41) is 0. The van der Waals surface area contributed by atoms with E-state index in [0.29, 0.717) is 0 Å². The predicted molar refractivity (Wildman–Crippen MR) is 109 cm³/mol. The van der Waals surface area contributed by atoms with Crippen molar-refractivity contribution in [2.75, 3.05) is 11.4 Å². The van der Waals surface area contributed by atoms with Gasteiger partial charge in [-0.05, 0) is 43.0 Å². The largest absolute Gasteiger partial charge is 0.367 e. The maximum absolute atomic E-state index is 4.41. The van der Waals surface area contributed by atoms with Crippen molar-refractivity contribution in [2.45, 2.75) is 44.6 Å². The smallest absolute Gasteiger partial charge is 0.115 e. The minimum Gasteiger partial charge on any atom is -0.367 e. The molecule has 0 bridgehead atoms. The molecule has 1 saturated carbocycles. The van der Waals surface area contributed by atoms with Crippen molar-refractivity contribution in [2.24, 2.45) is 0 Å². The molecule has 1 aromatic heterocycles. The molecule has 0 amide bonds. The zero-order valence-corrected chi connectivity index (χ0v) is 15.9. The summed E-state index contributed by atoms with van der Waals surface area (Å²) in [7, 11) is 0. The van der Waals surface area contributed by atoms with Crippen molar-refractivity contribution in [1.29, 1.82) is 0 Å². The van der Waals surface area contributed by atoms with Crippen LogP contribution in [0.25, 0.3) is 0 Å². The molecule has 3 heteroatoms. The van der Waals surface area contributed by atoms with Gasteiger partial charge in [0.1, 0.15) is 6.33 Å². The Bertz CT molecular complexity index is 940. The van der Waals surface area contributed by atoms with E-state index < -0.39 is 0 Å². The number of rotatable bonds is 3. The number of hydrogen-bond acceptors (Lipinski definition) is 3. The predicted octanol–water partition coefficient (Wildman–Crippen LogP) is 4.82. The van der Waals surface area contributed by atoms with Gasteiger partial charge < -0.3 is 4.90 Å². The first-order chi connectivity index (χ1) is 13.2. The van der Waals surface area contributed by atoms with E-state index in [1.165, 1.54) is 52.9 Å². The van der Waals surface area contributed by atoms with Crippen LogP contribution in [0.3, 0.4) is 0 Å². The van der Waals surface area contributed by atoms with Gasteiger partial charge in [-0.25, -0.2) is 9.97 Å². The Hall–Kier alpha value is -2.68. The molecule has 0 unspecified atom stereocenters. The lowest BCUT2D eigenvalue weighted by molar-refractivity contribution is 0.301. The number of aryl methyl sites for hydroxylation is 1. The van der Waals surface area contributed by atoms with Gasteiger partial charge in [-0.1, -0.05) is 48.4 Å². The van der Waals surface area contributed by atoms with Crippen molar-refractivity contribution in [3.63, 3.8) is 0 Å². The van der Waals surface area contributed by atoms with Crippen molar-refractivity contribution >= 4 is 5.69 Å². The molecular weight excluding hydrogens is 330 g/mol. The van der Waals surface area contributed by atoms with Gasteiger partial charge in [0.15, 0.2) is 0 Å². The molecule has 0 radical (unpaired) electrons. The fourth-order valence-corrected chi connectivity index (χ4v) is 4.63. The zero-order valence-electron chi connectivity index (χ0n) is 15.9. The fourth-order valence-electron chi connectivity index (χ4n) is 4.63. The molecule has 0 atom stereocenters. The second kappa shape index (κ2) is 6.49. The third kappa shape index (κ3) is 2.82. The second-order valence-electron chi connectivity index (χ2n) is 8.01. The molecular formula is C24H25N3. The van der Waals surface area contributed by atoms with Crippen LogP contribution in [0.2, 0.25) is 0 Å². The minimum absolute atomic E-state index is 0.217. The highest BCUT2D eigenvalue weighted by Gasteiger charge is 2.40. The van der Waals surface area contributed by atoms with Crippen LogP contribution in [0.4, 0.5) is 5.69 Å². The van der Waals surface area contributed by atoms with Crippen LogP contribution in [0.15, 0.2) is 61.1 Å². The summed E-state index contributed by atoms with van der Waals surface area (Å²) in [4.78, 5) is 11.0. The maximum atomic E-state index is 4.41. The van der Waals surface area contributed by atoms with Crippen LogP contribution in [0.5, 0.6) is 0 Å². The van der Waals surface area contributed by atoms with Gasteiger partial charge in [0.05, 0.1) is 5.69 Å². The molecule has 3 nitrogen and oxygen atoms in total. The second-order valence-corrected chi connectivity index (χ2v) is 8.01. The molecule has 1 aliphatic carbocycles. The minimum atomic E-state index is 0.217. The van der Waals surface area contributed by atoms with E-state index in [9.17, 15) is 0 Å². The van der Waals surface area contributed by atoms with E-state index in [2.05, 4.69) is 70.3 Å². The Balaban J connectivity index is 1.41. The lowest BCUT2D eigenvalue weighted by Gasteiger charge is -2.43. The van der Waals surface area contributed by atoms with Crippen molar-refractivity contribution in [1.82, 2.24) is 9.97 Å². The van der Waals surface area contributed by atoms with Crippen molar-refractivity contribution in [3.05, 3.63) is 89.0 Å². The Labute approximate surface area is 161 Å². The van der Waals surface area contributed by atoms with E-state index in [1.54, 1.807) is 6.33 Å². The van der Waals surface area contributed by atoms with E-state index in [4.69, 9.17) is 0 Å². The number of nitrogens with zero attached hydrogens (tertiary/aromatic N) is 3. The summed E-state index contributed by atoms with van der Waals surface area (Å²) >= 11 is 0. The van der Waals surface area contributed by atoms with Crippen molar-refractivity contribution < 1.29 is 0 Å². The van der Waals surface area contributed by atoms with Gasteiger partial charge in [0.25, 0.3) is 0 Å². The summed E-state index contributed by atoms with van der Waals surface area (Å²) in [5.41, 5.74) is 8.23. The lowest BCUT2D eigenvalue weighted by atomic mass is 9.60. The van der Waals surface area contributed by atoms with Gasteiger partial charge in [0.2, 0.25) is 0 Å². The summed E-state index contributed by atoms with van der Waals surface area (Å²) < 4.78 is 0. The number of aromatic nitrogens is 2. The SMILES string of the molecule is Cc1ccc(C2(c3ccc(N4CCc5ncncc5C4)cc3)CCC2)cc1. The average Bonchev–Trinajstić information content (AvgIpc) is 2.69. The normalized spacial score (nSPS) is 17.9. The van der Waals surface area contributed by atoms with E-state index in [-0.39, 0.29) is 5.41 Å². The Morgan fingerprint density at radius 1 is 0.926 bits per heavy atom. The number of hydrogen-bond donors (Lipinski definition) is 0. The van der Waals surface area contributed by atoms with Crippen LogP contribution >= 0.6 is 0 Å². The first-order valence-corrected chi connectivity index (χ1v) is 9.95. The van der Waals surface area contributed by atoms with Gasteiger partial charge in [0, 0.05) is 42.4 Å². The number of fused-ring (bicyclic) bond motifs is 1. The fraction of sp³-hybridized carbons (Fsp3) is 0.333. The molecule has 1 aliphatic heterocycles. The topological polar surface area (TPSA) is 29.0 Å². The van der Waals surface area contributed by atoms with E-state index in [0.717, 1.165) is 19.5 Å². The van der Waals surface area contributed by atoms with Gasteiger partial charge in [-0.2, -0.15) is 0 Å². The molecule has 2 heterocycles. The Kier molecular flexibility index (Phi) is 3.96. The summed E-state index contributed by atoms with van der Waals surface area (Å²) in [5.74, 6) is 0.